The number of rotatable bonds is 0. The van der Waals surface area contributed by atoms with Gasteiger partial charge in [-0.3, -0.25) is 0 Å². The molecule has 1 rings (SSSR count). The van der Waals surface area contributed by atoms with E-state index in [0.29, 0.717) is 5.69 Å². The summed E-state index contributed by atoms with van der Waals surface area (Å²) in [6.45, 7) is 0. The van der Waals surface area contributed by atoms with E-state index in [1.54, 1.807) is 6.07 Å². The fourth-order valence-corrected chi connectivity index (χ4v) is 0.652. The summed E-state index contributed by atoms with van der Waals surface area (Å²) in [7, 11) is 0. The van der Waals surface area contributed by atoms with E-state index >= 15 is 0 Å². The molecule has 0 aliphatic heterocycles. The van der Waals surface area contributed by atoms with Crippen LogP contribution in [-0.4, -0.2) is 4.98 Å². The zero-order valence-corrected chi connectivity index (χ0v) is 6.21. The minimum atomic E-state index is -0.557. The van der Waals surface area contributed by atoms with Gasteiger partial charge < -0.3 is 0 Å². The van der Waals surface area contributed by atoms with Gasteiger partial charge >= 0.3 is 0 Å². The Morgan fingerprint density at radius 3 is 3.00 bits per heavy atom. The molecule has 0 spiro atoms. The number of nitrogens with zero attached hydrogens (tertiary/aromatic N) is 2. The zero-order chi connectivity index (χ0) is 8.81. The van der Waals surface area contributed by atoms with E-state index in [0.717, 1.165) is 0 Å². The molecule has 0 fully saturated rings. The van der Waals surface area contributed by atoms with Crippen LogP contribution in [0.25, 0.3) is 0 Å². The summed E-state index contributed by atoms with van der Waals surface area (Å²) in [5.41, 5.74) is 0.352. The molecular weight excluding hydrogens is 155 g/mol. The van der Waals surface area contributed by atoms with Crippen molar-refractivity contribution in [2.75, 3.05) is 0 Å². The largest absolute Gasteiger partial charge is 0.214 e. The third-order valence-corrected chi connectivity index (χ3v) is 1.10. The third-order valence-electron chi connectivity index (χ3n) is 1.10. The molecule has 0 saturated carbocycles. The van der Waals surface area contributed by atoms with Crippen LogP contribution in [0.3, 0.4) is 0 Å². The number of halogens is 1. The Morgan fingerprint density at radius 2 is 2.33 bits per heavy atom. The van der Waals surface area contributed by atoms with Gasteiger partial charge in [-0.1, -0.05) is 12.0 Å². The Kier molecular flexibility index (Phi) is 2.81. The average Bonchev–Trinajstić information content (AvgIpc) is 2.05. The predicted molar refractivity (Wildman–Crippen MR) is 41.3 cm³/mol. The molecule has 0 saturated heterocycles. The van der Waals surface area contributed by atoms with Crippen LogP contribution in [0.4, 0.5) is 4.39 Å². The topological polar surface area (TPSA) is 36.7 Å². The van der Waals surface area contributed by atoms with E-state index in [1.807, 2.05) is 6.07 Å². The summed E-state index contributed by atoms with van der Waals surface area (Å²) in [6.07, 6.45) is 0.137. The van der Waals surface area contributed by atoms with Crippen LogP contribution in [0.1, 0.15) is 12.1 Å². The first-order valence-corrected chi connectivity index (χ1v) is 3.31. The summed E-state index contributed by atoms with van der Waals surface area (Å²) in [5.74, 6) is 4.54. The second-order valence-corrected chi connectivity index (χ2v) is 1.98. The molecule has 0 radical (unpaired) electrons. The lowest BCUT2D eigenvalue weighted by Crippen LogP contribution is -1.85. The Morgan fingerprint density at radius 1 is 1.50 bits per heavy atom. The van der Waals surface area contributed by atoms with Crippen LogP contribution in [0, 0.1) is 29.1 Å². The van der Waals surface area contributed by atoms with Crippen molar-refractivity contribution in [2.45, 2.75) is 6.42 Å². The van der Waals surface area contributed by atoms with E-state index in [2.05, 4.69) is 16.8 Å². The highest BCUT2D eigenvalue weighted by Gasteiger charge is 1.90. The summed E-state index contributed by atoms with van der Waals surface area (Å²) in [4.78, 5) is 3.50. The molecule has 2 nitrogen and oxygen atoms in total. The number of pyridine rings is 1. The molecule has 0 atom stereocenters. The minimum Gasteiger partial charge on any atom is -0.211 e. The smallest absolute Gasteiger partial charge is 0.211 e. The highest BCUT2D eigenvalue weighted by atomic mass is 19.1. The Bertz CT molecular complexity index is 368. The van der Waals surface area contributed by atoms with Crippen LogP contribution in [-0.2, 0) is 0 Å². The second-order valence-electron chi connectivity index (χ2n) is 1.98. The molecule has 0 N–H and O–H groups in total. The number of hydrogen-bond acceptors (Lipinski definition) is 2. The summed E-state index contributed by atoms with van der Waals surface area (Å²) in [6, 6.07) is 6.22. The van der Waals surface area contributed by atoms with Gasteiger partial charge in [-0.15, -0.1) is 0 Å². The van der Waals surface area contributed by atoms with Crippen molar-refractivity contribution >= 4 is 0 Å². The standard InChI is InChI=1S/C9H5FN2/c10-9-6-3-5-8(12-9)4-1-2-7-11/h3,5-6H,2H2. The lowest BCUT2D eigenvalue weighted by atomic mass is 10.3. The van der Waals surface area contributed by atoms with Crippen molar-refractivity contribution < 1.29 is 4.39 Å². The molecule has 0 aliphatic carbocycles. The average molecular weight is 160 g/mol. The SMILES string of the molecule is N#CCC#Cc1cccc(F)n1. The van der Waals surface area contributed by atoms with Gasteiger partial charge in [0.1, 0.15) is 5.69 Å². The highest BCUT2D eigenvalue weighted by Crippen LogP contribution is 1.95. The van der Waals surface area contributed by atoms with Crippen LogP contribution in [0.2, 0.25) is 0 Å². The van der Waals surface area contributed by atoms with Crippen molar-refractivity contribution in [3.63, 3.8) is 0 Å². The first-order chi connectivity index (χ1) is 5.83. The van der Waals surface area contributed by atoms with Gasteiger partial charge in [0.15, 0.2) is 0 Å². The van der Waals surface area contributed by atoms with E-state index in [1.165, 1.54) is 12.1 Å². The lowest BCUT2D eigenvalue weighted by molar-refractivity contribution is 0.582. The van der Waals surface area contributed by atoms with Crippen molar-refractivity contribution in [1.29, 1.82) is 5.26 Å². The van der Waals surface area contributed by atoms with Gasteiger partial charge in [-0.2, -0.15) is 9.65 Å². The molecule has 0 unspecified atom stereocenters. The van der Waals surface area contributed by atoms with Gasteiger partial charge in [-0.05, 0) is 18.1 Å². The van der Waals surface area contributed by atoms with Gasteiger partial charge in [-0.25, -0.2) is 4.98 Å². The Balaban J connectivity index is 2.79. The summed E-state index contributed by atoms with van der Waals surface area (Å²) in [5, 5.41) is 8.15. The third kappa shape index (κ3) is 2.40. The van der Waals surface area contributed by atoms with Crippen molar-refractivity contribution in [1.82, 2.24) is 4.98 Å². The normalized spacial score (nSPS) is 8.00. The second kappa shape index (κ2) is 4.10. The molecule has 1 aromatic rings. The van der Waals surface area contributed by atoms with Crippen LogP contribution >= 0.6 is 0 Å². The van der Waals surface area contributed by atoms with Gasteiger partial charge in [0.2, 0.25) is 5.95 Å². The quantitative estimate of drug-likeness (QED) is 0.426. The Labute approximate surface area is 69.7 Å². The van der Waals surface area contributed by atoms with E-state index in [4.69, 9.17) is 5.26 Å². The predicted octanol–water partition coefficient (Wildman–Crippen LogP) is 1.49. The maximum absolute atomic E-state index is 12.4. The minimum absolute atomic E-state index is 0.137. The molecule has 0 aliphatic rings. The maximum Gasteiger partial charge on any atom is 0.214 e. The molecule has 3 heteroatoms. The molecule has 12 heavy (non-hydrogen) atoms. The fraction of sp³-hybridized carbons (Fsp3) is 0.111. The van der Waals surface area contributed by atoms with Crippen LogP contribution in [0.15, 0.2) is 18.2 Å². The highest BCUT2D eigenvalue weighted by molar-refractivity contribution is 5.27. The Hall–Kier alpha value is -1.87. The van der Waals surface area contributed by atoms with Crippen LogP contribution < -0.4 is 0 Å². The van der Waals surface area contributed by atoms with Crippen LogP contribution in [0.5, 0.6) is 0 Å². The number of hydrogen-bond donors (Lipinski definition) is 0. The maximum atomic E-state index is 12.4. The summed E-state index contributed by atoms with van der Waals surface area (Å²) >= 11 is 0. The van der Waals surface area contributed by atoms with Crippen molar-refractivity contribution in [3.05, 3.63) is 29.8 Å². The van der Waals surface area contributed by atoms with Gasteiger partial charge in [0.25, 0.3) is 0 Å². The molecule has 1 aromatic heterocycles. The molecule has 1 heterocycles. The van der Waals surface area contributed by atoms with E-state index < -0.39 is 5.95 Å². The zero-order valence-electron chi connectivity index (χ0n) is 6.21. The summed E-state index contributed by atoms with van der Waals surface area (Å²) < 4.78 is 12.4. The number of aromatic nitrogens is 1. The lowest BCUT2D eigenvalue weighted by Gasteiger charge is -1.87. The van der Waals surface area contributed by atoms with Crippen molar-refractivity contribution in [3.8, 4) is 17.9 Å². The first-order valence-electron chi connectivity index (χ1n) is 3.31. The van der Waals surface area contributed by atoms with E-state index in [9.17, 15) is 4.39 Å². The van der Waals surface area contributed by atoms with Gasteiger partial charge in [0, 0.05) is 0 Å². The molecule has 58 valence electrons. The molecule has 0 amide bonds. The molecule has 0 aromatic carbocycles. The first kappa shape index (κ1) is 8.23. The van der Waals surface area contributed by atoms with E-state index in [-0.39, 0.29) is 6.42 Å². The number of nitriles is 1. The molecular formula is C9H5FN2. The fourth-order valence-electron chi connectivity index (χ4n) is 0.652. The molecule has 0 bridgehead atoms. The van der Waals surface area contributed by atoms with Gasteiger partial charge in [0.05, 0.1) is 12.5 Å². The van der Waals surface area contributed by atoms with Crippen molar-refractivity contribution in [2.24, 2.45) is 0 Å². The monoisotopic (exact) mass is 160 g/mol.